The molecule has 1 amide bonds. The molecule has 4 rings (SSSR count). The van der Waals surface area contributed by atoms with E-state index in [1.165, 1.54) is 22.4 Å². The minimum absolute atomic E-state index is 0.177. The molecule has 0 N–H and O–H groups in total. The lowest BCUT2D eigenvalue weighted by Crippen LogP contribution is -2.40. The molecule has 4 nitrogen and oxygen atoms in total. The third-order valence-corrected chi connectivity index (χ3v) is 7.28. The van der Waals surface area contributed by atoms with Gasteiger partial charge in [0.15, 0.2) is 0 Å². The highest BCUT2D eigenvalue weighted by Crippen LogP contribution is 2.23. The van der Waals surface area contributed by atoms with Crippen molar-refractivity contribution < 1.29 is 9.18 Å². The van der Waals surface area contributed by atoms with Crippen molar-refractivity contribution in [3.8, 4) is 0 Å². The molecule has 1 aliphatic rings. The molecule has 2 aromatic carbocycles. The van der Waals surface area contributed by atoms with E-state index in [2.05, 4.69) is 16.0 Å². The first kappa shape index (κ1) is 21.9. The van der Waals surface area contributed by atoms with Gasteiger partial charge >= 0.3 is 0 Å². The molecular weight excluding hydrogens is 409 g/mol. The van der Waals surface area contributed by atoms with Crippen molar-refractivity contribution in [2.24, 2.45) is 5.92 Å². The Morgan fingerprint density at radius 1 is 1.13 bits per heavy atom. The van der Waals surface area contributed by atoms with Crippen molar-refractivity contribution in [2.45, 2.75) is 32.1 Å². The number of rotatable bonds is 8. The van der Waals surface area contributed by atoms with Crippen LogP contribution >= 0.6 is 11.3 Å². The Balaban J connectivity index is 1.16. The maximum Gasteiger partial charge on any atom is 0.222 e. The van der Waals surface area contributed by atoms with Crippen molar-refractivity contribution in [3.05, 3.63) is 64.9 Å². The molecule has 6 heteroatoms. The predicted molar refractivity (Wildman–Crippen MR) is 125 cm³/mol. The zero-order valence-electron chi connectivity index (χ0n) is 18.1. The molecule has 1 saturated heterocycles. The van der Waals surface area contributed by atoms with Crippen LogP contribution in [0.2, 0.25) is 0 Å². The van der Waals surface area contributed by atoms with Crippen molar-refractivity contribution in [2.75, 3.05) is 33.2 Å². The number of fused-ring (bicyclic) bond motifs is 1. The van der Waals surface area contributed by atoms with Gasteiger partial charge in [0.1, 0.15) is 5.82 Å². The summed E-state index contributed by atoms with van der Waals surface area (Å²) in [6.07, 6.45) is 4.43. The largest absolute Gasteiger partial charge is 0.345 e. The van der Waals surface area contributed by atoms with Crippen molar-refractivity contribution >= 4 is 27.5 Å². The number of hydrogen-bond donors (Lipinski definition) is 0. The van der Waals surface area contributed by atoms with E-state index in [-0.39, 0.29) is 11.7 Å². The van der Waals surface area contributed by atoms with Crippen LogP contribution in [0, 0.1) is 11.7 Å². The van der Waals surface area contributed by atoms with Gasteiger partial charge in [-0.15, -0.1) is 11.3 Å². The average molecular weight is 440 g/mol. The number of nitrogens with zero attached hydrogens (tertiary/aromatic N) is 3. The standard InChI is InChI=1S/C25H30FN3OS/c1-28(25(30)11-10-24-27-22-4-2-3-5-23(22)31-24)18-20-13-16-29(17-14-20)15-12-19-6-8-21(26)9-7-19/h2-9,20H,10-18H2,1H3. The molecule has 0 aliphatic carbocycles. The molecule has 0 bridgehead atoms. The summed E-state index contributed by atoms with van der Waals surface area (Å²) in [5.74, 6) is 0.597. The molecule has 2 heterocycles. The molecule has 0 radical (unpaired) electrons. The summed E-state index contributed by atoms with van der Waals surface area (Å²) >= 11 is 1.68. The maximum atomic E-state index is 13.0. The minimum atomic E-state index is -0.177. The van der Waals surface area contributed by atoms with E-state index in [0.717, 1.165) is 56.0 Å². The number of carbonyl (C=O) groups excluding carboxylic acids is 1. The number of para-hydroxylation sites is 1. The highest BCUT2D eigenvalue weighted by atomic mass is 32.1. The second-order valence-corrected chi connectivity index (χ2v) is 9.63. The number of thiazole rings is 1. The van der Waals surface area contributed by atoms with E-state index < -0.39 is 0 Å². The van der Waals surface area contributed by atoms with Crippen LogP contribution in [0.3, 0.4) is 0 Å². The summed E-state index contributed by atoms with van der Waals surface area (Å²) in [4.78, 5) is 21.6. The molecule has 0 atom stereocenters. The Morgan fingerprint density at radius 3 is 2.61 bits per heavy atom. The fourth-order valence-electron chi connectivity index (χ4n) is 4.25. The van der Waals surface area contributed by atoms with Gasteiger partial charge in [0.25, 0.3) is 0 Å². The quantitative estimate of drug-likeness (QED) is 0.507. The SMILES string of the molecule is CN(CC1CCN(CCc2ccc(F)cc2)CC1)C(=O)CCc1nc2ccccc2s1. The lowest BCUT2D eigenvalue weighted by molar-refractivity contribution is -0.130. The van der Waals surface area contributed by atoms with Crippen molar-refractivity contribution in [3.63, 3.8) is 0 Å². The number of carbonyl (C=O) groups is 1. The molecule has 1 aliphatic heterocycles. The Hall–Kier alpha value is -2.31. The van der Waals surface area contributed by atoms with Crippen molar-refractivity contribution in [1.82, 2.24) is 14.8 Å². The molecule has 1 aromatic heterocycles. The monoisotopic (exact) mass is 439 g/mol. The van der Waals surface area contributed by atoms with Crippen LogP contribution in [-0.2, 0) is 17.6 Å². The van der Waals surface area contributed by atoms with E-state index in [1.807, 2.05) is 42.3 Å². The number of hydrogen-bond acceptors (Lipinski definition) is 4. The van der Waals surface area contributed by atoms with Gasteiger partial charge in [0.2, 0.25) is 5.91 Å². The molecular formula is C25H30FN3OS. The number of amides is 1. The third-order valence-electron chi connectivity index (χ3n) is 6.19. The first-order valence-corrected chi connectivity index (χ1v) is 11.9. The summed E-state index contributed by atoms with van der Waals surface area (Å²) in [5.41, 5.74) is 2.21. The summed E-state index contributed by atoms with van der Waals surface area (Å²) in [5, 5.41) is 1.04. The lowest BCUT2D eigenvalue weighted by Gasteiger charge is -2.34. The summed E-state index contributed by atoms with van der Waals surface area (Å²) in [6, 6.07) is 14.9. The van der Waals surface area contributed by atoms with Gasteiger partial charge in [-0.25, -0.2) is 9.37 Å². The van der Waals surface area contributed by atoms with Crippen LogP contribution in [0.15, 0.2) is 48.5 Å². The van der Waals surface area contributed by atoms with Crippen LogP contribution in [0.25, 0.3) is 10.2 Å². The second-order valence-electron chi connectivity index (χ2n) is 8.51. The van der Waals surface area contributed by atoms with E-state index in [0.29, 0.717) is 18.8 Å². The highest BCUT2D eigenvalue weighted by Gasteiger charge is 2.22. The topological polar surface area (TPSA) is 36.4 Å². The number of aromatic nitrogens is 1. The molecule has 0 unspecified atom stereocenters. The van der Waals surface area contributed by atoms with Gasteiger partial charge in [0.05, 0.1) is 15.2 Å². The Kier molecular flexibility index (Phi) is 7.30. The Bertz CT molecular complexity index is 962. The average Bonchev–Trinajstić information content (AvgIpc) is 3.21. The first-order valence-electron chi connectivity index (χ1n) is 11.1. The fraction of sp³-hybridized carbons (Fsp3) is 0.440. The first-order chi connectivity index (χ1) is 15.1. The number of piperidine rings is 1. The van der Waals surface area contributed by atoms with Gasteiger partial charge in [0, 0.05) is 33.0 Å². The molecule has 0 spiro atoms. The van der Waals surface area contributed by atoms with Crippen LogP contribution in [-0.4, -0.2) is 53.9 Å². The lowest BCUT2D eigenvalue weighted by atomic mass is 9.96. The number of halogens is 1. The van der Waals surface area contributed by atoms with Crippen LogP contribution in [0.1, 0.15) is 29.8 Å². The van der Waals surface area contributed by atoms with Gasteiger partial charge in [-0.3, -0.25) is 4.79 Å². The summed E-state index contributed by atoms with van der Waals surface area (Å²) < 4.78 is 14.2. The summed E-state index contributed by atoms with van der Waals surface area (Å²) in [6.45, 7) is 3.99. The van der Waals surface area contributed by atoms with E-state index in [1.54, 1.807) is 11.3 Å². The molecule has 0 saturated carbocycles. The van der Waals surface area contributed by atoms with Crippen LogP contribution < -0.4 is 0 Å². The highest BCUT2D eigenvalue weighted by molar-refractivity contribution is 7.18. The van der Waals surface area contributed by atoms with Crippen LogP contribution in [0.5, 0.6) is 0 Å². The summed E-state index contributed by atoms with van der Waals surface area (Å²) in [7, 11) is 1.93. The molecule has 3 aromatic rings. The van der Waals surface area contributed by atoms with Gasteiger partial charge in [-0.2, -0.15) is 0 Å². The maximum absolute atomic E-state index is 13.0. The minimum Gasteiger partial charge on any atom is -0.345 e. The Labute approximate surface area is 187 Å². The third kappa shape index (κ3) is 6.11. The predicted octanol–water partition coefficient (Wildman–Crippen LogP) is 4.78. The zero-order chi connectivity index (χ0) is 21.6. The number of aryl methyl sites for hydroxylation is 1. The van der Waals surface area contributed by atoms with E-state index in [4.69, 9.17) is 0 Å². The number of benzene rings is 2. The Morgan fingerprint density at radius 2 is 1.87 bits per heavy atom. The van der Waals surface area contributed by atoms with E-state index in [9.17, 15) is 9.18 Å². The molecule has 164 valence electrons. The molecule has 31 heavy (non-hydrogen) atoms. The zero-order valence-corrected chi connectivity index (χ0v) is 18.9. The van der Waals surface area contributed by atoms with Gasteiger partial charge in [-0.05, 0) is 68.1 Å². The smallest absolute Gasteiger partial charge is 0.222 e. The molecule has 1 fully saturated rings. The normalized spacial score (nSPS) is 15.4. The van der Waals surface area contributed by atoms with Crippen LogP contribution in [0.4, 0.5) is 4.39 Å². The van der Waals surface area contributed by atoms with Gasteiger partial charge < -0.3 is 9.80 Å². The second kappa shape index (κ2) is 10.3. The number of likely N-dealkylation sites (tertiary alicyclic amines) is 1. The van der Waals surface area contributed by atoms with Crippen molar-refractivity contribution in [1.29, 1.82) is 0 Å². The van der Waals surface area contributed by atoms with Gasteiger partial charge in [-0.1, -0.05) is 24.3 Å². The van der Waals surface area contributed by atoms with E-state index >= 15 is 0 Å². The fourth-order valence-corrected chi connectivity index (χ4v) is 5.22.